The van der Waals surface area contributed by atoms with Crippen molar-refractivity contribution in [3.8, 4) is 0 Å². The van der Waals surface area contributed by atoms with Crippen LogP contribution >= 0.6 is 0 Å². The van der Waals surface area contributed by atoms with Gasteiger partial charge in [-0.05, 0) is 37.0 Å². The average molecular weight is 308 g/mol. The molecule has 0 spiro atoms. The van der Waals surface area contributed by atoms with Gasteiger partial charge in [0.1, 0.15) is 0 Å². The highest BCUT2D eigenvalue weighted by Crippen LogP contribution is 2.39. The number of rotatable bonds is 6. The fourth-order valence-corrected chi connectivity index (χ4v) is 2.48. The van der Waals surface area contributed by atoms with Crippen LogP contribution in [0.2, 0.25) is 0 Å². The number of nitrogens with zero attached hydrogens (tertiary/aromatic N) is 2. The van der Waals surface area contributed by atoms with Gasteiger partial charge in [0.05, 0.1) is 4.90 Å². The van der Waals surface area contributed by atoms with Gasteiger partial charge in [-0.3, -0.25) is 0 Å². The Kier molecular flexibility index (Phi) is 3.64. The van der Waals surface area contributed by atoms with Crippen LogP contribution in [0.15, 0.2) is 33.6 Å². The SMILES string of the molecule is NS(=O)(=O)c1ccc(CCNc2nnc(C3CC3)o2)cc1. The van der Waals surface area contributed by atoms with Crippen molar-refractivity contribution in [3.63, 3.8) is 0 Å². The molecule has 0 bridgehead atoms. The molecule has 3 N–H and O–H groups in total. The van der Waals surface area contributed by atoms with Gasteiger partial charge in [0.15, 0.2) is 0 Å². The van der Waals surface area contributed by atoms with Crippen LogP contribution in [-0.2, 0) is 16.4 Å². The zero-order valence-electron chi connectivity index (χ0n) is 11.3. The van der Waals surface area contributed by atoms with Gasteiger partial charge in [-0.1, -0.05) is 17.2 Å². The second-order valence-corrected chi connectivity index (χ2v) is 6.65. The molecule has 0 aliphatic heterocycles. The van der Waals surface area contributed by atoms with E-state index in [-0.39, 0.29) is 4.90 Å². The van der Waals surface area contributed by atoms with Crippen molar-refractivity contribution in [2.24, 2.45) is 5.14 Å². The number of nitrogens with two attached hydrogens (primary N) is 1. The van der Waals surface area contributed by atoms with E-state index in [9.17, 15) is 8.42 Å². The van der Waals surface area contributed by atoms with Crippen molar-refractivity contribution in [1.82, 2.24) is 10.2 Å². The lowest BCUT2D eigenvalue weighted by atomic mass is 10.1. The third-order valence-corrected chi connectivity index (χ3v) is 4.24. The maximum absolute atomic E-state index is 11.1. The van der Waals surface area contributed by atoms with Crippen LogP contribution in [-0.4, -0.2) is 25.2 Å². The molecule has 112 valence electrons. The molecule has 1 aromatic heterocycles. The van der Waals surface area contributed by atoms with E-state index in [1.165, 1.54) is 12.1 Å². The largest absolute Gasteiger partial charge is 0.408 e. The summed E-state index contributed by atoms with van der Waals surface area (Å²) in [6.07, 6.45) is 2.96. The predicted molar refractivity (Wildman–Crippen MR) is 76.3 cm³/mol. The van der Waals surface area contributed by atoms with Crippen molar-refractivity contribution >= 4 is 16.0 Å². The Morgan fingerprint density at radius 3 is 2.57 bits per heavy atom. The number of aromatic nitrogens is 2. The number of hydrogen-bond donors (Lipinski definition) is 2. The Balaban J connectivity index is 1.52. The summed E-state index contributed by atoms with van der Waals surface area (Å²) < 4.78 is 27.8. The van der Waals surface area contributed by atoms with Crippen LogP contribution in [0.4, 0.5) is 6.01 Å². The number of primary sulfonamides is 1. The number of anilines is 1. The van der Waals surface area contributed by atoms with Crippen molar-refractivity contribution in [1.29, 1.82) is 0 Å². The second-order valence-electron chi connectivity index (χ2n) is 5.09. The Bertz CT molecular complexity index is 720. The normalized spacial score (nSPS) is 15.1. The Morgan fingerprint density at radius 2 is 1.95 bits per heavy atom. The van der Waals surface area contributed by atoms with E-state index in [2.05, 4.69) is 15.5 Å². The van der Waals surface area contributed by atoms with Crippen molar-refractivity contribution in [2.75, 3.05) is 11.9 Å². The van der Waals surface area contributed by atoms with E-state index < -0.39 is 10.0 Å². The number of sulfonamides is 1. The smallest absolute Gasteiger partial charge is 0.315 e. The first kappa shape index (κ1) is 14.0. The van der Waals surface area contributed by atoms with Crippen molar-refractivity contribution < 1.29 is 12.8 Å². The molecule has 21 heavy (non-hydrogen) atoms. The predicted octanol–water partition coefficient (Wildman–Crippen LogP) is 1.25. The topological polar surface area (TPSA) is 111 Å². The van der Waals surface area contributed by atoms with Gasteiger partial charge in [-0.15, -0.1) is 5.10 Å². The van der Waals surface area contributed by atoms with Gasteiger partial charge >= 0.3 is 6.01 Å². The van der Waals surface area contributed by atoms with Gasteiger partial charge < -0.3 is 9.73 Å². The fraction of sp³-hybridized carbons (Fsp3) is 0.385. The van der Waals surface area contributed by atoms with Gasteiger partial charge in [0, 0.05) is 12.5 Å². The molecule has 0 saturated heterocycles. The van der Waals surface area contributed by atoms with Crippen LogP contribution in [0.5, 0.6) is 0 Å². The maximum Gasteiger partial charge on any atom is 0.315 e. The molecule has 8 heteroatoms. The van der Waals surface area contributed by atoms with Crippen LogP contribution in [0.1, 0.15) is 30.2 Å². The lowest BCUT2D eigenvalue weighted by Gasteiger charge is -2.03. The van der Waals surface area contributed by atoms with E-state index in [4.69, 9.17) is 9.56 Å². The van der Waals surface area contributed by atoms with Crippen molar-refractivity contribution in [2.45, 2.75) is 30.1 Å². The molecular formula is C13H16N4O3S. The van der Waals surface area contributed by atoms with Gasteiger partial charge in [-0.2, -0.15) is 0 Å². The molecule has 1 heterocycles. The lowest BCUT2D eigenvalue weighted by Crippen LogP contribution is -2.12. The monoisotopic (exact) mass is 308 g/mol. The van der Waals surface area contributed by atoms with Crippen LogP contribution in [0.25, 0.3) is 0 Å². The highest BCUT2D eigenvalue weighted by atomic mass is 32.2. The summed E-state index contributed by atoms with van der Waals surface area (Å²) >= 11 is 0. The molecule has 1 aliphatic rings. The Labute approximate surface area is 122 Å². The van der Waals surface area contributed by atoms with Gasteiger partial charge in [0.25, 0.3) is 0 Å². The molecule has 0 unspecified atom stereocenters. The van der Waals surface area contributed by atoms with E-state index in [1.807, 2.05) is 0 Å². The van der Waals surface area contributed by atoms with Gasteiger partial charge in [0.2, 0.25) is 15.9 Å². The number of benzene rings is 1. The van der Waals surface area contributed by atoms with E-state index in [0.29, 0.717) is 30.8 Å². The molecule has 1 fully saturated rings. The summed E-state index contributed by atoms with van der Waals surface area (Å²) in [5, 5.41) is 16.0. The molecule has 3 rings (SSSR count). The van der Waals surface area contributed by atoms with E-state index >= 15 is 0 Å². The molecular weight excluding hydrogens is 292 g/mol. The lowest BCUT2D eigenvalue weighted by molar-refractivity contribution is 0.507. The van der Waals surface area contributed by atoms with Crippen LogP contribution in [0.3, 0.4) is 0 Å². The van der Waals surface area contributed by atoms with Crippen molar-refractivity contribution in [3.05, 3.63) is 35.7 Å². The Morgan fingerprint density at radius 1 is 1.24 bits per heavy atom. The number of nitrogens with one attached hydrogen (secondary N) is 1. The summed E-state index contributed by atoms with van der Waals surface area (Å²) in [6, 6.07) is 6.92. The second kappa shape index (κ2) is 5.45. The summed E-state index contributed by atoms with van der Waals surface area (Å²) in [6.45, 7) is 0.626. The fourth-order valence-electron chi connectivity index (χ4n) is 1.96. The molecule has 1 saturated carbocycles. The quantitative estimate of drug-likeness (QED) is 0.830. The summed E-state index contributed by atoms with van der Waals surface area (Å²) in [5.41, 5.74) is 0.997. The van der Waals surface area contributed by atoms with Crippen LogP contribution in [0, 0.1) is 0 Å². The molecule has 7 nitrogen and oxygen atoms in total. The van der Waals surface area contributed by atoms with E-state index in [0.717, 1.165) is 18.4 Å². The average Bonchev–Trinajstić information content (AvgIpc) is 3.19. The molecule has 0 atom stereocenters. The highest BCUT2D eigenvalue weighted by Gasteiger charge is 2.29. The van der Waals surface area contributed by atoms with Crippen LogP contribution < -0.4 is 10.5 Å². The first-order chi connectivity index (χ1) is 10.0. The molecule has 1 aromatic carbocycles. The summed E-state index contributed by atoms with van der Waals surface area (Å²) in [7, 11) is -3.63. The number of hydrogen-bond acceptors (Lipinski definition) is 6. The third-order valence-electron chi connectivity index (χ3n) is 3.31. The first-order valence-electron chi connectivity index (χ1n) is 6.71. The molecule has 0 amide bonds. The zero-order chi connectivity index (χ0) is 14.9. The third kappa shape index (κ3) is 3.59. The molecule has 1 aliphatic carbocycles. The van der Waals surface area contributed by atoms with Gasteiger partial charge in [-0.25, -0.2) is 13.6 Å². The summed E-state index contributed by atoms with van der Waals surface area (Å²) in [4.78, 5) is 0.116. The minimum atomic E-state index is -3.63. The summed E-state index contributed by atoms with van der Waals surface area (Å²) in [5.74, 6) is 1.15. The minimum absolute atomic E-state index is 0.116. The zero-order valence-corrected chi connectivity index (χ0v) is 12.1. The molecule has 0 radical (unpaired) electrons. The Hall–Kier alpha value is -1.93. The first-order valence-corrected chi connectivity index (χ1v) is 8.26. The maximum atomic E-state index is 11.1. The highest BCUT2D eigenvalue weighted by molar-refractivity contribution is 7.89. The standard InChI is InChI=1S/C13H16N4O3S/c14-21(18,19)11-5-1-9(2-6-11)7-8-15-13-17-16-12(20-13)10-3-4-10/h1-2,5-6,10H,3-4,7-8H2,(H,15,17)(H2,14,18,19). The molecule has 2 aromatic rings. The van der Waals surface area contributed by atoms with E-state index in [1.54, 1.807) is 12.1 Å². The minimum Gasteiger partial charge on any atom is -0.408 e.